The number of rotatable bonds is 5. The average Bonchev–Trinajstić information content (AvgIpc) is 2.91. The maximum Gasteiger partial charge on any atom is 0.308 e. The van der Waals surface area contributed by atoms with Gasteiger partial charge in [-0.1, -0.05) is 30.3 Å². The SMILES string of the molecule is N#Cc1ccccc1COC(=O)CCN=C1NS(=O)(=O)c2ccccc21. The van der Waals surface area contributed by atoms with Crippen LogP contribution >= 0.6 is 0 Å². The fourth-order valence-electron chi connectivity index (χ4n) is 2.50. The van der Waals surface area contributed by atoms with Crippen molar-refractivity contribution in [3.05, 3.63) is 65.2 Å². The summed E-state index contributed by atoms with van der Waals surface area (Å²) in [6.45, 7) is 0.0967. The molecule has 0 atom stereocenters. The van der Waals surface area contributed by atoms with Crippen molar-refractivity contribution in [2.45, 2.75) is 17.9 Å². The van der Waals surface area contributed by atoms with Crippen LogP contribution in [0, 0.1) is 11.3 Å². The highest BCUT2D eigenvalue weighted by Gasteiger charge is 2.29. The molecule has 1 heterocycles. The molecule has 0 radical (unpaired) electrons. The van der Waals surface area contributed by atoms with E-state index >= 15 is 0 Å². The minimum atomic E-state index is -3.59. The van der Waals surface area contributed by atoms with Gasteiger partial charge < -0.3 is 4.74 Å². The molecule has 0 saturated carbocycles. The highest BCUT2D eigenvalue weighted by atomic mass is 32.2. The number of nitriles is 1. The highest BCUT2D eigenvalue weighted by Crippen LogP contribution is 2.22. The van der Waals surface area contributed by atoms with Gasteiger partial charge in [0.1, 0.15) is 12.4 Å². The number of carbonyl (C=O) groups is 1. The Kier molecular flexibility index (Phi) is 5.00. The van der Waals surface area contributed by atoms with Gasteiger partial charge in [-0.15, -0.1) is 0 Å². The first-order valence-electron chi connectivity index (χ1n) is 7.81. The van der Waals surface area contributed by atoms with Gasteiger partial charge in [0.25, 0.3) is 10.0 Å². The fourth-order valence-corrected chi connectivity index (χ4v) is 3.75. The van der Waals surface area contributed by atoms with Crippen LogP contribution in [0.15, 0.2) is 58.4 Å². The van der Waals surface area contributed by atoms with E-state index in [1.54, 1.807) is 42.5 Å². The maximum absolute atomic E-state index is 12.0. The van der Waals surface area contributed by atoms with Crippen molar-refractivity contribution < 1.29 is 17.9 Å². The number of hydrogen-bond donors (Lipinski definition) is 1. The van der Waals surface area contributed by atoms with Gasteiger partial charge in [0.05, 0.1) is 29.5 Å². The lowest BCUT2D eigenvalue weighted by Gasteiger charge is -2.05. The summed E-state index contributed by atoms with van der Waals surface area (Å²) in [5, 5.41) is 9.00. The van der Waals surface area contributed by atoms with Crippen molar-refractivity contribution in [2.24, 2.45) is 4.99 Å². The Hall–Kier alpha value is -3.18. The van der Waals surface area contributed by atoms with E-state index in [-0.39, 0.29) is 30.3 Å². The van der Waals surface area contributed by atoms with Gasteiger partial charge in [0, 0.05) is 11.1 Å². The molecular weight excluding hydrogens is 354 g/mol. The van der Waals surface area contributed by atoms with E-state index in [2.05, 4.69) is 9.71 Å². The van der Waals surface area contributed by atoms with Crippen molar-refractivity contribution >= 4 is 21.8 Å². The Morgan fingerprint density at radius 2 is 1.88 bits per heavy atom. The third-order valence-electron chi connectivity index (χ3n) is 3.78. The van der Waals surface area contributed by atoms with Crippen LogP contribution in [-0.4, -0.2) is 26.8 Å². The van der Waals surface area contributed by atoms with Crippen molar-refractivity contribution in [3.63, 3.8) is 0 Å². The van der Waals surface area contributed by atoms with Gasteiger partial charge in [0.2, 0.25) is 0 Å². The molecule has 0 fully saturated rings. The van der Waals surface area contributed by atoms with E-state index in [4.69, 9.17) is 10.00 Å². The van der Waals surface area contributed by atoms with Crippen molar-refractivity contribution in [3.8, 4) is 6.07 Å². The number of hydrogen-bond acceptors (Lipinski definition) is 6. The molecule has 0 aromatic heterocycles. The predicted octanol–water partition coefficient (Wildman–Crippen LogP) is 1.73. The summed E-state index contributed by atoms with van der Waals surface area (Å²) < 4.78 is 31.5. The highest BCUT2D eigenvalue weighted by molar-refractivity contribution is 7.90. The zero-order chi connectivity index (χ0) is 18.6. The molecule has 1 aliphatic heterocycles. The number of aliphatic imine (C=N–C) groups is 1. The van der Waals surface area contributed by atoms with Gasteiger partial charge in [-0.25, -0.2) is 8.42 Å². The second kappa shape index (κ2) is 7.37. The molecule has 1 N–H and O–H groups in total. The molecule has 3 rings (SSSR count). The van der Waals surface area contributed by atoms with Gasteiger partial charge in [-0.05, 0) is 18.2 Å². The third-order valence-corrected chi connectivity index (χ3v) is 5.17. The van der Waals surface area contributed by atoms with Crippen LogP contribution in [-0.2, 0) is 26.2 Å². The van der Waals surface area contributed by atoms with Crippen LogP contribution in [0.4, 0.5) is 0 Å². The van der Waals surface area contributed by atoms with Crippen molar-refractivity contribution in [2.75, 3.05) is 6.54 Å². The van der Waals surface area contributed by atoms with E-state index in [9.17, 15) is 13.2 Å². The van der Waals surface area contributed by atoms with Crippen LogP contribution in [0.1, 0.15) is 23.1 Å². The quantitative estimate of drug-likeness (QED) is 0.808. The van der Waals surface area contributed by atoms with Crippen molar-refractivity contribution in [1.82, 2.24) is 4.72 Å². The second-order valence-electron chi connectivity index (χ2n) is 5.51. The van der Waals surface area contributed by atoms with Crippen LogP contribution < -0.4 is 4.72 Å². The van der Waals surface area contributed by atoms with E-state index in [0.29, 0.717) is 16.7 Å². The van der Waals surface area contributed by atoms with E-state index in [0.717, 1.165) is 0 Å². The first-order chi connectivity index (χ1) is 12.5. The molecule has 0 spiro atoms. The zero-order valence-electron chi connectivity index (χ0n) is 13.7. The summed E-state index contributed by atoms with van der Waals surface area (Å²) in [6.07, 6.45) is 0.00210. The minimum absolute atomic E-state index is 0.00210. The molecule has 0 bridgehead atoms. The number of ether oxygens (including phenoxy) is 1. The Balaban J connectivity index is 1.58. The molecule has 1 aliphatic rings. The van der Waals surface area contributed by atoms with Gasteiger partial charge >= 0.3 is 5.97 Å². The van der Waals surface area contributed by atoms with Gasteiger partial charge in [-0.3, -0.25) is 14.5 Å². The Bertz CT molecular complexity index is 1020. The van der Waals surface area contributed by atoms with Gasteiger partial charge in [0.15, 0.2) is 0 Å². The van der Waals surface area contributed by atoms with E-state index in [1.807, 2.05) is 6.07 Å². The number of fused-ring (bicyclic) bond motifs is 1. The molecule has 0 amide bonds. The molecule has 8 heteroatoms. The molecule has 26 heavy (non-hydrogen) atoms. The average molecular weight is 369 g/mol. The lowest BCUT2D eigenvalue weighted by molar-refractivity contribution is -0.144. The molecule has 2 aromatic rings. The fraction of sp³-hybridized carbons (Fsp3) is 0.167. The van der Waals surface area contributed by atoms with Crippen molar-refractivity contribution in [1.29, 1.82) is 5.26 Å². The minimum Gasteiger partial charge on any atom is -0.461 e. The van der Waals surface area contributed by atoms with E-state index < -0.39 is 16.0 Å². The molecule has 2 aromatic carbocycles. The van der Waals surface area contributed by atoms with E-state index in [1.165, 1.54) is 6.07 Å². The smallest absolute Gasteiger partial charge is 0.308 e. The summed E-state index contributed by atoms with van der Waals surface area (Å²) in [4.78, 5) is 16.2. The third kappa shape index (κ3) is 3.73. The normalized spacial score (nSPS) is 15.7. The Morgan fingerprint density at radius 3 is 2.69 bits per heavy atom. The molecular formula is C18H15N3O4S. The first-order valence-corrected chi connectivity index (χ1v) is 9.30. The molecule has 0 aliphatic carbocycles. The number of benzene rings is 2. The topological polar surface area (TPSA) is 109 Å². The number of nitrogens with zero attached hydrogens (tertiary/aromatic N) is 2. The standard InChI is InChI=1S/C18H15N3O4S/c19-11-13-5-1-2-6-14(13)12-25-17(22)9-10-20-18-15-7-3-4-8-16(15)26(23,24)21-18/h1-8H,9-10,12H2,(H,20,21). The summed E-state index contributed by atoms with van der Waals surface area (Å²) in [6, 6.07) is 15.4. The second-order valence-corrected chi connectivity index (χ2v) is 7.16. The summed E-state index contributed by atoms with van der Waals surface area (Å²) >= 11 is 0. The Morgan fingerprint density at radius 1 is 1.15 bits per heavy atom. The van der Waals surface area contributed by atoms with Crippen LogP contribution in [0.2, 0.25) is 0 Å². The lowest BCUT2D eigenvalue weighted by Crippen LogP contribution is -2.22. The maximum atomic E-state index is 12.0. The first kappa shape index (κ1) is 17.6. The van der Waals surface area contributed by atoms with Crippen LogP contribution in [0.5, 0.6) is 0 Å². The largest absolute Gasteiger partial charge is 0.461 e. The molecule has 132 valence electrons. The molecule has 7 nitrogen and oxygen atoms in total. The number of esters is 1. The number of sulfonamides is 1. The van der Waals surface area contributed by atoms with Crippen LogP contribution in [0.3, 0.4) is 0 Å². The molecule has 0 unspecified atom stereocenters. The lowest BCUT2D eigenvalue weighted by atomic mass is 10.1. The predicted molar refractivity (Wildman–Crippen MR) is 93.7 cm³/mol. The number of amidine groups is 1. The Labute approximate surface area is 151 Å². The summed E-state index contributed by atoms with van der Waals surface area (Å²) in [5.41, 5.74) is 1.58. The summed E-state index contributed by atoms with van der Waals surface area (Å²) in [7, 11) is -3.59. The van der Waals surface area contributed by atoms with Crippen LogP contribution in [0.25, 0.3) is 0 Å². The summed E-state index contributed by atoms with van der Waals surface area (Å²) in [5.74, 6) is -0.251. The van der Waals surface area contributed by atoms with Gasteiger partial charge in [-0.2, -0.15) is 5.26 Å². The zero-order valence-corrected chi connectivity index (χ0v) is 14.5. The number of carbonyl (C=O) groups excluding carboxylic acids is 1. The molecule has 0 saturated heterocycles. The number of nitrogens with one attached hydrogen (secondary N) is 1. The monoisotopic (exact) mass is 369 g/mol.